The average Bonchev–Trinajstić information content (AvgIpc) is 2.95. The second-order valence-electron chi connectivity index (χ2n) is 5.44. The first kappa shape index (κ1) is 14.9. The summed E-state index contributed by atoms with van der Waals surface area (Å²) in [5.41, 5.74) is 2.88. The van der Waals surface area contributed by atoms with E-state index in [2.05, 4.69) is 54.1 Å². The summed E-state index contributed by atoms with van der Waals surface area (Å²) >= 11 is 3.96. The number of benzene rings is 3. The van der Waals surface area contributed by atoms with Gasteiger partial charge in [-0.05, 0) is 30.7 Å². The zero-order valence-corrected chi connectivity index (χ0v) is 15.4. The minimum absolute atomic E-state index is 0.212. The van der Waals surface area contributed by atoms with Gasteiger partial charge in [-0.1, -0.05) is 42.5 Å². The Kier molecular flexibility index (Phi) is 3.73. The standard InChI is InChI=1S/C19H13FINS/c1-12-6-4-7-13-14-8-5-11-17(19(14)23-18(12)13)22(21)16-10-3-2-9-15(16)20/h2-11H,1H3. The number of hydrogen-bond donors (Lipinski definition) is 0. The zero-order chi connectivity index (χ0) is 16.0. The highest BCUT2D eigenvalue weighted by atomic mass is 127. The maximum atomic E-state index is 14.2. The van der Waals surface area contributed by atoms with Gasteiger partial charge in [0.25, 0.3) is 0 Å². The smallest absolute Gasteiger partial charge is 0.147 e. The summed E-state index contributed by atoms with van der Waals surface area (Å²) in [7, 11) is 0. The van der Waals surface area contributed by atoms with E-state index in [-0.39, 0.29) is 5.82 Å². The van der Waals surface area contributed by atoms with Crippen molar-refractivity contribution in [2.24, 2.45) is 0 Å². The molecule has 23 heavy (non-hydrogen) atoms. The number of anilines is 2. The monoisotopic (exact) mass is 433 g/mol. The maximum Gasteiger partial charge on any atom is 0.147 e. The molecule has 3 aromatic carbocycles. The van der Waals surface area contributed by atoms with Gasteiger partial charge in [-0.2, -0.15) is 0 Å². The Bertz CT molecular complexity index is 1020. The Morgan fingerprint density at radius 3 is 2.26 bits per heavy atom. The number of para-hydroxylation sites is 1. The van der Waals surface area contributed by atoms with Crippen molar-refractivity contribution in [2.75, 3.05) is 3.11 Å². The Hall–Kier alpha value is -1.66. The van der Waals surface area contributed by atoms with E-state index in [0.29, 0.717) is 5.69 Å². The summed E-state index contributed by atoms with van der Waals surface area (Å²) in [5, 5.41) is 2.49. The molecule has 4 rings (SSSR count). The Morgan fingerprint density at radius 1 is 0.826 bits per heavy atom. The molecule has 0 saturated carbocycles. The van der Waals surface area contributed by atoms with Crippen molar-refractivity contribution in [1.29, 1.82) is 0 Å². The highest BCUT2D eigenvalue weighted by Gasteiger charge is 2.16. The molecule has 0 saturated heterocycles. The highest BCUT2D eigenvalue weighted by molar-refractivity contribution is 14.1. The molecule has 4 heteroatoms. The molecule has 0 spiro atoms. The van der Waals surface area contributed by atoms with Crippen LogP contribution in [0.15, 0.2) is 60.7 Å². The van der Waals surface area contributed by atoms with Gasteiger partial charge in [0, 0.05) is 15.5 Å². The normalized spacial score (nSPS) is 11.3. The van der Waals surface area contributed by atoms with Crippen LogP contribution < -0.4 is 3.11 Å². The molecule has 0 radical (unpaired) electrons. The van der Waals surface area contributed by atoms with Gasteiger partial charge in [-0.3, -0.25) is 3.11 Å². The van der Waals surface area contributed by atoms with E-state index in [4.69, 9.17) is 0 Å². The number of aryl methyl sites for hydroxylation is 1. The first-order valence-electron chi connectivity index (χ1n) is 7.28. The third-order valence-corrected chi connectivity index (χ3v) is 6.39. The van der Waals surface area contributed by atoms with Crippen LogP contribution in [0, 0.1) is 12.7 Å². The molecule has 0 bridgehead atoms. The molecule has 4 aromatic rings. The van der Waals surface area contributed by atoms with Crippen LogP contribution in [0.5, 0.6) is 0 Å². The maximum absolute atomic E-state index is 14.2. The Morgan fingerprint density at radius 2 is 1.48 bits per heavy atom. The summed E-state index contributed by atoms with van der Waals surface area (Å²) in [4.78, 5) is 0. The van der Waals surface area contributed by atoms with E-state index in [1.807, 2.05) is 21.3 Å². The molecule has 1 nitrogen and oxygen atoms in total. The number of thiophene rings is 1. The van der Waals surface area contributed by atoms with E-state index in [0.717, 1.165) is 5.69 Å². The number of halogens is 2. The van der Waals surface area contributed by atoms with Gasteiger partial charge in [0.05, 0.1) is 38.9 Å². The minimum atomic E-state index is -0.212. The summed E-state index contributed by atoms with van der Waals surface area (Å²) in [6.07, 6.45) is 0. The van der Waals surface area contributed by atoms with Gasteiger partial charge in [0.15, 0.2) is 0 Å². The molecule has 114 valence electrons. The summed E-state index contributed by atoms with van der Waals surface area (Å²) in [5.74, 6) is -0.212. The van der Waals surface area contributed by atoms with Crippen molar-refractivity contribution in [3.63, 3.8) is 0 Å². The van der Waals surface area contributed by atoms with E-state index in [1.165, 1.54) is 31.8 Å². The van der Waals surface area contributed by atoms with E-state index in [1.54, 1.807) is 23.5 Å². The van der Waals surface area contributed by atoms with Crippen LogP contribution in [-0.2, 0) is 0 Å². The van der Waals surface area contributed by atoms with Crippen molar-refractivity contribution < 1.29 is 4.39 Å². The second-order valence-corrected chi connectivity index (χ2v) is 7.43. The van der Waals surface area contributed by atoms with Gasteiger partial charge < -0.3 is 0 Å². The number of rotatable bonds is 2. The predicted octanol–water partition coefficient (Wildman–Crippen LogP) is 6.99. The summed E-state index contributed by atoms with van der Waals surface area (Å²) in [6, 6.07) is 19.5. The van der Waals surface area contributed by atoms with Crippen molar-refractivity contribution in [3.8, 4) is 0 Å². The van der Waals surface area contributed by atoms with Gasteiger partial charge in [0.1, 0.15) is 5.82 Å². The molecule has 0 fully saturated rings. The van der Waals surface area contributed by atoms with Crippen molar-refractivity contribution >= 4 is 65.7 Å². The fourth-order valence-corrected chi connectivity index (χ4v) is 5.07. The van der Waals surface area contributed by atoms with E-state index in [9.17, 15) is 4.39 Å². The molecule has 0 aliphatic heterocycles. The summed E-state index contributed by atoms with van der Waals surface area (Å²) in [6.45, 7) is 2.13. The predicted molar refractivity (Wildman–Crippen MR) is 107 cm³/mol. The van der Waals surface area contributed by atoms with Gasteiger partial charge >= 0.3 is 0 Å². The van der Waals surface area contributed by atoms with Crippen molar-refractivity contribution in [1.82, 2.24) is 0 Å². The Balaban J connectivity index is 1.99. The lowest BCUT2D eigenvalue weighted by Crippen LogP contribution is -2.02. The van der Waals surface area contributed by atoms with Crippen LogP contribution in [-0.4, -0.2) is 0 Å². The van der Waals surface area contributed by atoms with E-state index < -0.39 is 0 Å². The van der Waals surface area contributed by atoms with Crippen molar-refractivity contribution in [2.45, 2.75) is 6.92 Å². The third-order valence-electron chi connectivity index (χ3n) is 3.98. The fraction of sp³-hybridized carbons (Fsp3) is 0.0526. The average molecular weight is 433 g/mol. The van der Waals surface area contributed by atoms with Crippen molar-refractivity contribution in [3.05, 3.63) is 72.0 Å². The Labute approximate surface area is 151 Å². The van der Waals surface area contributed by atoms with Crippen LogP contribution in [0.1, 0.15) is 5.56 Å². The molecular formula is C19H13FINS. The van der Waals surface area contributed by atoms with Crippen LogP contribution >= 0.6 is 34.2 Å². The second kappa shape index (κ2) is 5.76. The lowest BCUT2D eigenvalue weighted by Gasteiger charge is -2.18. The zero-order valence-electron chi connectivity index (χ0n) is 12.4. The fourth-order valence-electron chi connectivity index (χ4n) is 2.84. The van der Waals surface area contributed by atoms with Crippen LogP contribution in [0.4, 0.5) is 15.8 Å². The van der Waals surface area contributed by atoms with Gasteiger partial charge in [-0.15, -0.1) is 11.3 Å². The molecular weight excluding hydrogens is 420 g/mol. The first-order valence-corrected chi connectivity index (χ1v) is 9.06. The SMILES string of the molecule is Cc1cccc2c1sc1c(N(I)c3ccccc3F)cccc12. The number of hydrogen-bond acceptors (Lipinski definition) is 2. The third kappa shape index (κ3) is 2.40. The highest BCUT2D eigenvalue weighted by Crippen LogP contribution is 2.44. The lowest BCUT2D eigenvalue weighted by atomic mass is 10.1. The molecule has 0 unspecified atom stereocenters. The minimum Gasteiger partial charge on any atom is -0.279 e. The van der Waals surface area contributed by atoms with Gasteiger partial charge in [0.2, 0.25) is 0 Å². The number of nitrogens with zero attached hydrogens (tertiary/aromatic N) is 1. The number of fused-ring (bicyclic) bond motifs is 3. The van der Waals surface area contributed by atoms with E-state index >= 15 is 0 Å². The van der Waals surface area contributed by atoms with Gasteiger partial charge in [-0.25, -0.2) is 4.39 Å². The van der Waals surface area contributed by atoms with Crippen LogP contribution in [0.25, 0.3) is 20.2 Å². The molecule has 0 aliphatic carbocycles. The molecule has 0 amide bonds. The van der Waals surface area contributed by atoms with Crippen LogP contribution in [0.3, 0.4) is 0 Å². The molecule has 1 aromatic heterocycles. The quantitative estimate of drug-likeness (QED) is 0.243. The molecule has 0 atom stereocenters. The first-order chi connectivity index (χ1) is 11.2. The molecule has 0 N–H and O–H groups in total. The van der Waals surface area contributed by atoms with Crippen LogP contribution in [0.2, 0.25) is 0 Å². The largest absolute Gasteiger partial charge is 0.279 e. The summed E-state index contributed by atoms with van der Waals surface area (Å²) < 4.78 is 18.5. The lowest BCUT2D eigenvalue weighted by molar-refractivity contribution is 0.631. The molecule has 1 heterocycles. The topological polar surface area (TPSA) is 3.24 Å². The molecule has 0 aliphatic rings.